The highest BCUT2D eigenvalue weighted by atomic mass is 32.1. The van der Waals surface area contributed by atoms with Gasteiger partial charge in [0.15, 0.2) is 17.3 Å². The molecule has 0 saturated heterocycles. The molecule has 0 radical (unpaired) electrons. The predicted octanol–water partition coefficient (Wildman–Crippen LogP) is 2.46. The number of aromatic carboxylic acids is 1. The summed E-state index contributed by atoms with van der Waals surface area (Å²) in [6.45, 7) is -0.376. The number of carboxylic acids is 1. The first-order chi connectivity index (χ1) is 11.0. The van der Waals surface area contributed by atoms with Crippen LogP contribution in [0.2, 0.25) is 0 Å². The maximum Gasteiger partial charge on any atom is 0.355 e. The molecule has 0 fully saturated rings. The first-order valence-corrected chi connectivity index (χ1v) is 7.22. The number of hydrogen-bond acceptors (Lipinski definition) is 5. The molecular weight excluding hydrogens is 328 g/mol. The molecule has 0 aliphatic heterocycles. The first-order valence-electron chi connectivity index (χ1n) is 6.34. The molecule has 9 heteroatoms. The van der Waals surface area contributed by atoms with Gasteiger partial charge in [0.25, 0.3) is 0 Å². The van der Waals surface area contributed by atoms with Gasteiger partial charge in [0.1, 0.15) is 0 Å². The Hall–Kier alpha value is -2.65. The molecule has 2 aromatic heterocycles. The Kier molecular flexibility index (Phi) is 3.89. The largest absolute Gasteiger partial charge is 0.476 e. The van der Waals surface area contributed by atoms with Crippen LogP contribution in [0.5, 0.6) is 0 Å². The molecule has 0 aliphatic rings. The van der Waals surface area contributed by atoms with Crippen molar-refractivity contribution < 1.29 is 23.8 Å². The van der Waals surface area contributed by atoms with Gasteiger partial charge >= 0.3 is 5.97 Å². The molecule has 0 aliphatic carbocycles. The standard InChI is InChI=1S/C14H9F2N3O3S/c15-9-2-1-7(3-10(9)16)11-4-8(5-20)19(18-11)14-17-12(6-23-14)13(21)22/h1-4,6,20H,5H2,(H,21,22). The van der Waals surface area contributed by atoms with E-state index in [4.69, 9.17) is 5.11 Å². The number of rotatable bonds is 4. The van der Waals surface area contributed by atoms with Crippen molar-refractivity contribution >= 4 is 17.3 Å². The zero-order chi connectivity index (χ0) is 16.6. The fraction of sp³-hybridized carbons (Fsp3) is 0.0714. The number of halogens is 2. The minimum absolute atomic E-state index is 0.140. The second-order valence-corrected chi connectivity index (χ2v) is 5.38. The number of aliphatic hydroxyl groups is 1. The summed E-state index contributed by atoms with van der Waals surface area (Å²) < 4.78 is 27.6. The molecule has 6 nitrogen and oxygen atoms in total. The highest BCUT2D eigenvalue weighted by Gasteiger charge is 2.16. The molecule has 2 N–H and O–H groups in total. The fourth-order valence-corrected chi connectivity index (χ4v) is 2.73. The molecule has 0 amide bonds. The fourth-order valence-electron chi connectivity index (χ4n) is 1.95. The summed E-state index contributed by atoms with van der Waals surface area (Å²) in [5, 5.41) is 24.1. The van der Waals surface area contributed by atoms with E-state index in [1.54, 1.807) is 0 Å². The normalized spacial score (nSPS) is 10.9. The number of thiazole rings is 1. The SMILES string of the molecule is O=C(O)c1csc(-n2nc(-c3ccc(F)c(F)c3)cc2CO)n1. The molecule has 118 valence electrons. The number of nitrogens with zero attached hydrogens (tertiary/aromatic N) is 3. The van der Waals surface area contributed by atoms with E-state index in [9.17, 15) is 18.7 Å². The molecule has 0 bridgehead atoms. The highest BCUT2D eigenvalue weighted by molar-refractivity contribution is 7.12. The van der Waals surface area contributed by atoms with Gasteiger partial charge in [-0.05, 0) is 24.3 Å². The summed E-state index contributed by atoms with van der Waals surface area (Å²) in [6.07, 6.45) is 0. The minimum atomic E-state index is -1.17. The van der Waals surface area contributed by atoms with Gasteiger partial charge in [-0.25, -0.2) is 23.2 Å². The molecule has 3 aromatic rings. The van der Waals surface area contributed by atoms with Crippen molar-refractivity contribution in [1.82, 2.24) is 14.8 Å². The molecule has 3 rings (SSSR count). The third-order valence-corrected chi connectivity index (χ3v) is 3.87. The second kappa shape index (κ2) is 5.86. The van der Waals surface area contributed by atoms with Gasteiger partial charge in [-0.3, -0.25) is 0 Å². The number of benzene rings is 1. The van der Waals surface area contributed by atoms with E-state index in [0.717, 1.165) is 23.5 Å². The molecular formula is C14H9F2N3O3S. The Bertz CT molecular complexity index is 891. The Balaban J connectivity index is 2.06. The van der Waals surface area contributed by atoms with E-state index in [1.165, 1.54) is 22.2 Å². The van der Waals surface area contributed by atoms with Crippen molar-refractivity contribution in [3.05, 3.63) is 52.7 Å². The van der Waals surface area contributed by atoms with E-state index >= 15 is 0 Å². The van der Waals surface area contributed by atoms with Crippen LogP contribution in [0, 0.1) is 11.6 Å². The molecule has 0 saturated carbocycles. The van der Waals surface area contributed by atoms with Crippen LogP contribution in [0.1, 0.15) is 16.2 Å². The van der Waals surface area contributed by atoms with Crippen molar-refractivity contribution in [2.75, 3.05) is 0 Å². The van der Waals surface area contributed by atoms with Gasteiger partial charge in [-0.15, -0.1) is 11.3 Å². The average Bonchev–Trinajstić information content (AvgIpc) is 3.15. The van der Waals surface area contributed by atoms with Crippen LogP contribution < -0.4 is 0 Å². The van der Waals surface area contributed by atoms with Gasteiger partial charge in [0.2, 0.25) is 5.13 Å². The van der Waals surface area contributed by atoms with Crippen molar-refractivity contribution in [3.63, 3.8) is 0 Å². The highest BCUT2D eigenvalue weighted by Crippen LogP contribution is 2.24. The van der Waals surface area contributed by atoms with E-state index in [-0.39, 0.29) is 17.4 Å². The average molecular weight is 337 g/mol. The summed E-state index contributed by atoms with van der Waals surface area (Å²) in [5.41, 5.74) is 0.835. The quantitative estimate of drug-likeness (QED) is 0.763. The van der Waals surface area contributed by atoms with Crippen LogP contribution in [0.25, 0.3) is 16.4 Å². The molecule has 0 spiro atoms. The molecule has 0 unspecified atom stereocenters. The van der Waals surface area contributed by atoms with Crippen molar-refractivity contribution in [1.29, 1.82) is 0 Å². The lowest BCUT2D eigenvalue weighted by atomic mass is 10.1. The van der Waals surface area contributed by atoms with Crippen molar-refractivity contribution in [2.45, 2.75) is 6.61 Å². The number of aliphatic hydroxyl groups excluding tert-OH is 1. The summed E-state index contributed by atoms with van der Waals surface area (Å²) in [4.78, 5) is 14.8. The number of carboxylic acid groups (broad SMARTS) is 1. The summed E-state index contributed by atoms with van der Waals surface area (Å²) in [7, 11) is 0. The lowest BCUT2D eigenvalue weighted by molar-refractivity contribution is 0.0691. The van der Waals surface area contributed by atoms with Crippen molar-refractivity contribution in [3.8, 4) is 16.4 Å². The third kappa shape index (κ3) is 2.83. The third-order valence-electron chi connectivity index (χ3n) is 3.05. The van der Waals surface area contributed by atoms with Crippen LogP contribution in [0.3, 0.4) is 0 Å². The smallest absolute Gasteiger partial charge is 0.355 e. The maximum atomic E-state index is 13.3. The van der Waals surface area contributed by atoms with Crippen LogP contribution in [0.15, 0.2) is 29.6 Å². The number of hydrogen-bond donors (Lipinski definition) is 2. The molecule has 2 heterocycles. The Morgan fingerprint density at radius 1 is 1.26 bits per heavy atom. The molecule has 0 atom stereocenters. The Morgan fingerprint density at radius 2 is 2.04 bits per heavy atom. The van der Waals surface area contributed by atoms with Crippen molar-refractivity contribution in [2.24, 2.45) is 0 Å². The summed E-state index contributed by atoms with van der Waals surface area (Å²) >= 11 is 1.04. The lowest BCUT2D eigenvalue weighted by Gasteiger charge is -2.00. The maximum absolute atomic E-state index is 13.3. The molecule has 1 aromatic carbocycles. The molecule has 23 heavy (non-hydrogen) atoms. The van der Waals surface area contributed by atoms with E-state index in [0.29, 0.717) is 17.0 Å². The topological polar surface area (TPSA) is 88.2 Å². The van der Waals surface area contributed by atoms with Gasteiger partial charge in [-0.2, -0.15) is 5.10 Å². The zero-order valence-corrected chi connectivity index (χ0v) is 12.2. The summed E-state index contributed by atoms with van der Waals surface area (Å²) in [6, 6.07) is 4.83. The summed E-state index contributed by atoms with van der Waals surface area (Å²) in [5.74, 6) is -3.15. The van der Waals surface area contributed by atoms with E-state index in [1.807, 2.05) is 0 Å². The van der Waals surface area contributed by atoms with Crippen LogP contribution in [-0.4, -0.2) is 30.9 Å². The van der Waals surface area contributed by atoms with E-state index in [2.05, 4.69) is 10.1 Å². The van der Waals surface area contributed by atoms with Crippen LogP contribution >= 0.6 is 11.3 Å². The van der Waals surface area contributed by atoms with Gasteiger partial charge in [0.05, 0.1) is 18.0 Å². The lowest BCUT2D eigenvalue weighted by Crippen LogP contribution is -2.03. The van der Waals surface area contributed by atoms with Crippen LogP contribution in [0.4, 0.5) is 8.78 Å². The number of aromatic nitrogens is 3. The monoisotopic (exact) mass is 337 g/mol. The minimum Gasteiger partial charge on any atom is -0.476 e. The number of carbonyl (C=O) groups is 1. The second-order valence-electron chi connectivity index (χ2n) is 4.54. The van der Waals surface area contributed by atoms with Gasteiger partial charge < -0.3 is 10.2 Å². The van der Waals surface area contributed by atoms with Crippen LogP contribution in [-0.2, 0) is 6.61 Å². The first kappa shape index (κ1) is 15.3. The van der Waals surface area contributed by atoms with Gasteiger partial charge in [-0.1, -0.05) is 0 Å². The predicted molar refractivity (Wildman–Crippen MR) is 77.5 cm³/mol. The van der Waals surface area contributed by atoms with Gasteiger partial charge in [0, 0.05) is 10.9 Å². The Morgan fingerprint density at radius 3 is 2.65 bits per heavy atom. The Labute approximate surface area is 132 Å². The zero-order valence-electron chi connectivity index (χ0n) is 11.4. The van der Waals surface area contributed by atoms with E-state index < -0.39 is 17.6 Å².